The van der Waals surface area contributed by atoms with Gasteiger partial charge in [0.1, 0.15) is 11.5 Å². The molecule has 2 N–H and O–H groups in total. The lowest BCUT2D eigenvalue weighted by Crippen LogP contribution is -2.36. The molecular formula is C15H15F3N2O3. The fourth-order valence-corrected chi connectivity index (χ4v) is 1.81. The lowest BCUT2D eigenvalue weighted by Gasteiger charge is -2.10. The fourth-order valence-electron chi connectivity index (χ4n) is 1.81. The largest absolute Gasteiger partial charge is 0.573 e. The van der Waals surface area contributed by atoms with Gasteiger partial charge in [-0.1, -0.05) is 12.1 Å². The Morgan fingerprint density at radius 3 is 2.48 bits per heavy atom. The van der Waals surface area contributed by atoms with E-state index < -0.39 is 6.36 Å². The second kappa shape index (κ2) is 7.57. The van der Waals surface area contributed by atoms with Crippen LogP contribution in [0, 0.1) is 0 Å². The highest BCUT2D eigenvalue weighted by molar-refractivity contribution is 5.73. The van der Waals surface area contributed by atoms with Crippen molar-refractivity contribution in [3.8, 4) is 5.75 Å². The summed E-state index contributed by atoms with van der Waals surface area (Å²) in [5.74, 6) is 0.467. The first kappa shape index (κ1) is 16.7. The number of carbonyl (C=O) groups is 1. The van der Waals surface area contributed by atoms with Crippen LogP contribution in [0.25, 0.3) is 0 Å². The zero-order valence-electron chi connectivity index (χ0n) is 12.0. The average Bonchev–Trinajstić information content (AvgIpc) is 2.98. The highest BCUT2D eigenvalue weighted by Gasteiger charge is 2.30. The molecule has 0 saturated carbocycles. The Morgan fingerprint density at radius 1 is 1.13 bits per heavy atom. The summed E-state index contributed by atoms with van der Waals surface area (Å²) in [5.41, 5.74) is 0.653. The number of alkyl halides is 3. The van der Waals surface area contributed by atoms with Gasteiger partial charge in [0.2, 0.25) is 0 Å². The molecule has 0 atom stereocenters. The minimum Gasteiger partial charge on any atom is -0.469 e. The Kier molecular flexibility index (Phi) is 5.51. The van der Waals surface area contributed by atoms with Gasteiger partial charge in [-0.2, -0.15) is 0 Å². The predicted octanol–water partition coefficient (Wildman–Crippen LogP) is 3.22. The standard InChI is InChI=1S/C15H15F3N2O3/c16-15(17,18)23-13-5-3-11(4-6-13)10-20-14(21)19-8-7-12-2-1-9-22-12/h1-6,9H,7-8,10H2,(H2,19,20,21). The molecule has 0 aliphatic carbocycles. The normalized spacial score (nSPS) is 11.1. The van der Waals surface area contributed by atoms with Crippen LogP contribution in [0.15, 0.2) is 47.1 Å². The third-order valence-electron chi connectivity index (χ3n) is 2.85. The van der Waals surface area contributed by atoms with Gasteiger partial charge in [-0.15, -0.1) is 13.2 Å². The summed E-state index contributed by atoms with van der Waals surface area (Å²) in [7, 11) is 0. The molecule has 0 saturated heterocycles. The first-order valence-corrected chi connectivity index (χ1v) is 6.81. The van der Waals surface area contributed by atoms with Crippen molar-refractivity contribution in [2.45, 2.75) is 19.3 Å². The van der Waals surface area contributed by atoms with Crippen molar-refractivity contribution in [3.05, 3.63) is 54.0 Å². The number of ether oxygens (including phenoxy) is 1. The topological polar surface area (TPSA) is 63.5 Å². The van der Waals surface area contributed by atoms with E-state index in [0.717, 1.165) is 5.76 Å². The van der Waals surface area contributed by atoms with Crippen molar-refractivity contribution < 1.29 is 27.1 Å². The SMILES string of the molecule is O=C(NCCc1ccco1)NCc1ccc(OC(F)(F)F)cc1. The second-order valence-corrected chi connectivity index (χ2v) is 4.63. The molecule has 124 valence electrons. The first-order chi connectivity index (χ1) is 10.9. The highest BCUT2D eigenvalue weighted by atomic mass is 19.4. The third-order valence-corrected chi connectivity index (χ3v) is 2.85. The number of nitrogens with one attached hydrogen (secondary N) is 2. The molecular weight excluding hydrogens is 313 g/mol. The summed E-state index contributed by atoms with van der Waals surface area (Å²) >= 11 is 0. The van der Waals surface area contributed by atoms with E-state index in [-0.39, 0.29) is 18.3 Å². The van der Waals surface area contributed by atoms with Crippen LogP contribution >= 0.6 is 0 Å². The van der Waals surface area contributed by atoms with Crippen molar-refractivity contribution in [3.63, 3.8) is 0 Å². The van der Waals surface area contributed by atoms with Gasteiger partial charge in [0.15, 0.2) is 0 Å². The molecule has 2 rings (SSSR count). The van der Waals surface area contributed by atoms with Gasteiger partial charge in [-0.25, -0.2) is 4.79 Å². The number of urea groups is 1. The lowest BCUT2D eigenvalue weighted by atomic mass is 10.2. The minimum atomic E-state index is -4.71. The molecule has 2 aromatic rings. The molecule has 0 spiro atoms. The van der Waals surface area contributed by atoms with Crippen molar-refractivity contribution in [2.24, 2.45) is 0 Å². The smallest absolute Gasteiger partial charge is 0.469 e. The van der Waals surface area contributed by atoms with Crippen molar-refractivity contribution in [1.29, 1.82) is 0 Å². The summed E-state index contributed by atoms with van der Waals surface area (Å²) in [6.45, 7) is 0.608. The van der Waals surface area contributed by atoms with E-state index in [1.807, 2.05) is 6.07 Å². The molecule has 1 heterocycles. The number of benzene rings is 1. The van der Waals surface area contributed by atoms with Crippen LogP contribution in [-0.4, -0.2) is 18.9 Å². The monoisotopic (exact) mass is 328 g/mol. The molecule has 23 heavy (non-hydrogen) atoms. The molecule has 2 amide bonds. The summed E-state index contributed by atoms with van der Waals surface area (Å²) < 4.78 is 45.0. The summed E-state index contributed by atoms with van der Waals surface area (Å²) in [6, 6.07) is 8.49. The van der Waals surface area contributed by atoms with E-state index in [2.05, 4.69) is 15.4 Å². The Balaban J connectivity index is 1.69. The van der Waals surface area contributed by atoms with Crippen LogP contribution in [0.4, 0.5) is 18.0 Å². The van der Waals surface area contributed by atoms with Gasteiger partial charge in [0.05, 0.1) is 6.26 Å². The molecule has 0 aliphatic heterocycles. The molecule has 1 aromatic heterocycles. The maximum atomic E-state index is 12.0. The predicted molar refractivity (Wildman–Crippen MR) is 75.8 cm³/mol. The van der Waals surface area contributed by atoms with Gasteiger partial charge in [0.25, 0.3) is 0 Å². The number of rotatable bonds is 6. The van der Waals surface area contributed by atoms with E-state index in [1.165, 1.54) is 24.3 Å². The molecule has 5 nitrogen and oxygen atoms in total. The Labute approximate surface area is 130 Å². The Bertz CT molecular complexity index is 610. The number of carbonyl (C=O) groups excluding carboxylic acids is 1. The van der Waals surface area contributed by atoms with Crippen LogP contribution in [-0.2, 0) is 13.0 Å². The van der Waals surface area contributed by atoms with Gasteiger partial charge < -0.3 is 19.8 Å². The quantitative estimate of drug-likeness (QED) is 0.856. The van der Waals surface area contributed by atoms with E-state index in [1.54, 1.807) is 12.3 Å². The van der Waals surface area contributed by atoms with Gasteiger partial charge in [-0.05, 0) is 29.8 Å². The van der Waals surface area contributed by atoms with Gasteiger partial charge in [0, 0.05) is 19.5 Å². The number of furan rings is 1. The third kappa shape index (κ3) is 6.33. The highest BCUT2D eigenvalue weighted by Crippen LogP contribution is 2.22. The molecule has 0 bridgehead atoms. The fraction of sp³-hybridized carbons (Fsp3) is 0.267. The summed E-state index contributed by atoms with van der Waals surface area (Å²) in [6.07, 6.45) is -2.58. The van der Waals surface area contributed by atoms with Crippen LogP contribution in [0.2, 0.25) is 0 Å². The minimum absolute atomic E-state index is 0.193. The Morgan fingerprint density at radius 2 is 1.87 bits per heavy atom. The number of halogens is 3. The van der Waals surface area contributed by atoms with Crippen LogP contribution in [0.3, 0.4) is 0 Å². The molecule has 0 unspecified atom stereocenters. The van der Waals surface area contributed by atoms with Gasteiger partial charge in [-0.3, -0.25) is 0 Å². The number of hydrogen-bond acceptors (Lipinski definition) is 3. The van der Waals surface area contributed by atoms with Crippen molar-refractivity contribution >= 4 is 6.03 Å². The van der Waals surface area contributed by atoms with Crippen molar-refractivity contribution in [1.82, 2.24) is 10.6 Å². The lowest BCUT2D eigenvalue weighted by molar-refractivity contribution is -0.274. The summed E-state index contributed by atoms with van der Waals surface area (Å²) in [5, 5.41) is 5.25. The average molecular weight is 328 g/mol. The zero-order valence-corrected chi connectivity index (χ0v) is 12.0. The number of hydrogen-bond donors (Lipinski definition) is 2. The van der Waals surface area contributed by atoms with E-state index in [0.29, 0.717) is 18.5 Å². The van der Waals surface area contributed by atoms with Crippen LogP contribution in [0.5, 0.6) is 5.75 Å². The maximum absolute atomic E-state index is 12.0. The van der Waals surface area contributed by atoms with E-state index in [9.17, 15) is 18.0 Å². The first-order valence-electron chi connectivity index (χ1n) is 6.81. The van der Waals surface area contributed by atoms with E-state index in [4.69, 9.17) is 4.42 Å². The number of amides is 2. The van der Waals surface area contributed by atoms with Crippen LogP contribution < -0.4 is 15.4 Å². The second-order valence-electron chi connectivity index (χ2n) is 4.63. The zero-order chi connectivity index (χ0) is 16.7. The van der Waals surface area contributed by atoms with E-state index >= 15 is 0 Å². The Hall–Kier alpha value is -2.64. The molecule has 0 radical (unpaired) electrons. The van der Waals surface area contributed by atoms with Crippen molar-refractivity contribution in [2.75, 3.05) is 6.54 Å². The molecule has 8 heteroatoms. The molecule has 0 fully saturated rings. The molecule has 1 aromatic carbocycles. The molecule has 0 aliphatic rings. The maximum Gasteiger partial charge on any atom is 0.573 e. The van der Waals surface area contributed by atoms with Crippen LogP contribution in [0.1, 0.15) is 11.3 Å². The van der Waals surface area contributed by atoms with Gasteiger partial charge >= 0.3 is 12.4 Å². The summed E-state index contributed by atoms with van der Waals surface area (Å²) in [4.78, 5) is 11.6.